The molecule has 0 saturated heterocycles. The van der Waals surface area contributed by atoms with E-state index in [1.54, 1.807) is 18.2 Å². The fraction of sp³-hybridized carbons (Fsp3) is 0.333. The van der Waals surface area contributed by atoms with Gasteiger partial charge >= 0.3 is 18.1 Å². The summed E-state index contributed by atoms with van der Waals surface area (Å²) in [5, 5.41) is 0. The Bertz CT molecular complexity index is 699. The maximum absolute atomic E-state index is 12.5. The van der Waals surface area contributed by atoms with E-state index in [2.05, 4.69) is 0 Å². The summed E-state index contributed by atoms with van der Waals surface area (Å²) in [4.78, 5) is 24.0. The Morgan fingerprint density at radius 2 is 1.60 bits per heavy atom. The molecule has 0 atom stereocenters. The first-order chi connectivity index (χ1) is 11.7. The standard InChI is InChI=1S/C18H17F3O4/c1-24-15(22)17(16(23)25-2)10-9-13(11-17)4-3-12-5-7-14(8-6-12)18(19,20)21/h3-9H,10-11H2,1-2H3/b4-3+. The summed E-state index contributed by atoms with van der Waals surface area (Å²) in [6.45, 7) is 0. The Hall–Kier alpha value is -2.57. The molecule has 0 heterocycles. The Morgan fingerprint density at radius 1 is 1.04 bits per heavy atom. The van der Waals surface area contributed by atoms with Crippen molar-refractivity contribution in [2.24, 2.45) is 5.41 Å². The summed E-state index contributed by atoms with van der Waals surface area (Å²) in [5.74, 6) is -1.35. The van der Waals surface area contributed by atoms with Crippen molar-refractivity contribution in [3.05, 3.63) is 53.1 Å². The zero-order valence-corrected chi connectivity index (χ0v) is 13.7. The maximum Gasteiger partial charge on any atom is 0.416 e. The molecule has 2 rings (SSSR count). The van der Waals surface area contributed by atoms with Crippen molar-refractivity contribution >= 4 is 18.0 Å². The molecule has 134 valence electrons. The van der Waals surface area contributed by atoms with Crippen molar-refractivity contribution < 1.29 is 32.2 Å². The first-order valence-corrected chi connectivity index (χ1v) is 7.44. The van der Waals surface area contributed by atoms with E-state index in [9.17, 15) is 22.8 Å². The Kier molecular flexibility index (Phi) is 5.35. The van der Waals surface area contributed by atoms with Crippen LogP contribution in [0.3, 0.4) is 0 Å². The van der Waals surface area contributed by atoms with Gasteiger partial charge in [0.2, 0.25) is 0 Å². The second-order valence-corrected chi connectivity index (χ2v) is 5.68. The van der Waals surface area contributed by atoms with Crippen molar-refractivity contribution in [3.8, 4) is 0 Å². The van der Waals surface area contributed by atoms with E-state index < -0.39 is 29.1 Å². The number of hydrogen-bond donors (Lipinski definition) is 0. The summed E-state index contributed by atoms with van der Waals surface area (Å²) < 4.78 is 47.0. The number of esters is 2. The number of benzene rings is 1. The third-order valence-corrected chi connectivity index (χ3v) is 4.10. The van der Waals surface area contributed by atoms with Crippen LogP contribution < -0.4 is 0 Å². The van der Waals surface area contributed by atoms with Crippen molar-refractivity contribution in [1.29, 1.82) is 0 Å². The summed E-state index contributed by atoms with van der Waals surface area (Å²) in [6.07, 6.45) is 0.890. The normalized spacial score (nSPS) is 16.6. The first kappa shape index (κ1) is 18.8. The second kappa shape index (κ2) is 7.13. The van der Waals surface area contributed by atoms with Gasteiger partial charge in [0.15, 0.2) is 5.41 Å². The number of allylic oxidation sites excluding steroid dienone is 3. The smallest absolute Gasteiger partial charge is 0.416 e. The van der Waals surface area contributed by atoms with Crippen LogP contribution in [-0.4, -0.2) is 26.2 Å². The van der Waals surface area contributed by atoms with Crippen LogP contribution in [0.25, 0.3) is 6.08 Å². The predicted molar refractivity (Wildman–Crippen MR) is 84.3 cm³/mol. The molecule has 0 unspecified atom stereocenters. The summed E-state index contributed by atoms with van der Waals surface area (Å²) in [7, 11) is 2.39. The summed E-state index contributed by atoms with van der Waals surface area (Å²) >= 11 is 0. The van der Waals surface area contributed by atoms with Gasteiger partial charge in [-0.05, 0) is 30.5 Å². The van der Waals surface area contributed by atoms with Crippen molar-refractivity contribution in [2.75, 3.05) is 14.2 Å². The molecule has 0 N–H and O–H groups in total. The van der Waals surface area contributed by atoms with Crippen LogP contribution in [0, 0.1) is 5.41 Å². The highest BCUT2D eigenvalue weighted by Gasteiger charge is 2.50. The highest BCUT2D eigenvalue weighted by atomic mass is 19.4. The molecule has 0 fully saturated rings. The number of halogens is 3. The number of carbonyl (C=O) groups excluding carboxylic acids is 2. The van der Waals surface area contributed by atoms with Crippen LogP contribution in [0.1, 0.15) is 24.0 Å². The van der Waals surface area contributed by atoms with Crippen LogP contribution in [-0.2, 0) is 25.2 Å². The molecule has 4 nitrogen and oxygen atoms in total. The molecule has 0 amide bonds. The van der Waals surface area contributed by atoms with Crippen LogP contribution >= 0.6 is 0 Å². The van der Waals surface area contributed by atoms with Gasteiger partial charge < -0.3 is 9.47 Å². The van der Waals surface area contributed by atoms with E-state index in [0.717, 1.165) is 12.1 Å². The van der Waals surface area contributed by atoms with Gasteiger partial charge in [-0.25, -0.2) is 0 Å². The van der Waals surface area contributed by atoms with Crippen molar-refractivity contribution in [2.45, 2.75) is 19.0 Å². The van der Waals surface area contributed by atoms with Gasteiger partial charge in [-0.2, -0.15) is 13.2 Å². The Balaban J connectivity index is 2.12. The lowest BCUT2D eigenvalue weighted by molar-refractivity contribution is -0.168. The molecule has 0 radical (unpaired) electrons. The molecule has 0 aromatic heterocycles. The lowest BCUT2D eigenvalue weighted by atomic mass is 9.84. The van der Waals surface area contributed by atoms with Gasteiger partial charge in [-0.3, -0.25) is 9.59 Å². The lowest BCUT2D eigenvalue weighted by Crippen LogP contribution is -2.39. The van der Waals surface area contributed by atoms with E-state index in [1.165, 1.54) is 26.4 Å². The van der Waals surface area contributed by atoms with E-state index in [-0.39, 0.29) is 12.8 Å². The van der Waals surface area contributed by atoms with E-state index >= 15 is 0 Å². The number of carbonyl (C=O) groups is 2. The molecule has 7 heteroatoms. The number of ether oxygens (including phenoxy) is 2. The minimum atomic E-state index is -4.38. The largest absolute Gasteiger partial charge is 0.468 e. The molecule has 25 heavy (non-hydrogen) atoms. The van der Waals surface area contributed by atoms with Crippen LogP contribution in [0.4, 0.5) is 13.2 Å². The lowest BCUT2D eigenvalue weighted by Gasteiger charge is -2.22. The minimum Gasteiger partial charge on any atom is -0.468 e. The molecule has 1 aliphatic carbocycles. The quantitative estimate of drug-likeness (QED) is 0.610. The maximum atomic E-state index is 12.5. The molecule has 1 aromatic carbocycles. The Labute approximate surface area is 142 Å². The van der Waals surface area contributed by atoms with E-state index in [0.29, 0.717) is 11.1 Å². The summed E-state index contributed by atoms with van der Waals surface area (Å²) in [6, 6.07) is 4.69. The zero-order valence-electron chi connectivity index (χ0n) is 13.7. The third-order valence-electron chi connectivity index (χ3n) is 4.10. The van der Waals surface area contributed by atoms with Gasteiger partial charge in [0, 0.05) is 0 Å². The number of rotatable bonds is 4. The molecule has 0 aliphatic heterocycles. The van der Waals surface area contributed by atoms with Gasteiger partial charge in [0.25, 0.3) is 0 Å². The topological polar surface area (TPSA) is 52.6 Å². The van der Waals surface area contributed by atoms with Gasteiger partial charge in [-0.15, -0.1) is 0 Å². The first-order valence-electron chi connectivity index (χ1n) is 7.44. The predicted octanol–water partition coefficient (Wildman–Crippen LogP) is 3.77. The van der Waals surface area contributed by atoms with Gasteiger partial charge in [0.1, 0.15) is 0 Å². The summed E-state index contributed by atoms with van der Waals surface area (Å²) in [5.41, 5.74) is -0.845. The van der Waals surface area contributed by atoms with E-state index in [4.69, 9.17) is 9.47 Å². The zero-order chi connectivity index (χ0) is 18.7. The molecule has 0 bridgehead atoms. The van der Waals surface area contributed by atoms with Crippen LogP contribution in [0.2, 0.25) is 0 Å². The molecule has 1 aliphatic rings. The molecular weight excluding hydrogens is 337 g/mol. The van der Waals surface area contributed by atoms with E-state index in [1.807, 2.05) is 0 Å². The average Bonchev–Trinajstić information content (AvgIpc) is 3.03. The van der Waals surface area contributed by atoms with Crippen LogP contribution in [0.5, 0.6) is 0 Å². The Morgan fingerprint density at radius 3 is 2.08 bits per heavy atom. The van der Waals surface area contributed by atoms with Gasteiger partial charge in [-0.1, -0.05) is 35.9 Å². The van der Waals surface area contributed by atoms with Crippen molar-refractivity contribution in [3.63, 3.8) is 0 Å². The molecule has 0 saturated carbocycles. The fourth-order valence-electron chi connectivity index (χ4n) is 2.70. The third kappa shape index (κ3) is 3.92. The number of hydrogen-bond acceptors (Lipinski definition) is 4. The molecule has 0 spiro atoms. The average molecular weight is 354 g/mol. The minimum absolute atomic E-state index is 0.115. The number of methoxy groups -OCH3 is 2. The van der Waals surface area contributed by atoms with Gasteiger partial charge in [0.05, 0.1) is 19.8 Å². The SMILES string of the molecule is COC(=O)C1(C(=O)OC)CC=C(/C=C/c2ccc(C(F)(F)F)cc2)C1. The monoisotopic (exact) mass is 354 g/mol. The molecule has 1 aromatic rings. The second-order valence-electron chi connectivity index (χ2n) is 5.68. The highest BCUT2D eigenvalue weighted by Crippen LogP contribution is 2.40. The highest BCUT2D eigenvalue weighted by molar-refractivity contribution is 6.01. The fourth-order valence-corrected chi connectivity index (χ4v) is 2.70. The molecular formula is C18H17F3O4. The number of alkyl halides is 3. The van der Waals surface area contributed by atoms with Crippen molar-refractivity contribution in [1.82, 2.24) is 0 Å². The van der Waals surface area contributed by atoms with Crippen LogP contribution in [0.15, 0.2) is 42.0 Å².